The highest BCUT2D eigenvalue weighted by atomic mass is 16.7. The molecule has 0 N–H and O–H groups in total. The van der Waals surface area contributed by atoms with Crippen molar-refractivity contribution in [3.8, 4) is 5.75 Å². The van der Waals surface area contributed by atoms with E-state index >= 15 is 0 Å². The van der Waals surface area contributed by atoms with Crippen LogP contribution in [0.25, 0.3) is 0 Å². The van der Waals surface area contributed by atoms with E-state index in [4.69, 9.17) is 9.57 Å². The number of nitrogens with zero attached hydrogens (tertiary/aromatic N) is 2. The third-order valence-corrected chi connectivity index (χ3v) is 4.78. The van der Waals surface area contributed by atoms with Crippen LogP contribution in [-0.4, -0.2) is 37.1 Å². The van der Waals surface area contributed by atoms with Gasteiger partial charge in [-0.3, -0.25) is 14.4 Å². The number of hydrogen-bond donors (Lipinski definition) is 0. The third kappa shape index (κ3) is 2.42. The summed E-state index contributed by atoms with van der Waals surface area (Å²) in [4.78, 5) is 32.7. The number of rotatable bonds is 3. The summed E-state index contributed by atoms with van der Waals surface area (Å²) in [5.74, 6) is -0.372. The normalized spacial score (nSPS) is 26.2. The molecular formula is C19H18N2O4. The zero-order chi connectivity index (χ0) is 17.6. The molecule has 2 fully saturated rings. The Morgan fingerprint density at radius 2 is 1.64 bits per heavy atom. The second-order valence-electron chi connectivity index (χ2n) is 6.16. The number of amides is 2. The Labute approximate surface area is 145 Å². The Morgan fingerprint density at radius 3 is 2.28 bits per heavy atom. The van der Waals surface area contributed by atoms with E-state index in [1.54, 1.807) is 43.5 Å². The number of hydroxylamine groups is 2. The maximum atomic E-state index is 13.0. The number of carbonyl (C=O) groups excluding carboxylic acids is 2. The zero-order valence-electron chi connectivity index (χ0n) is 14.0. The average molecular weight is 338 g/mol. The summed E-state index contributed by atoms with van der Waals surface area (Å²) < 4.78 is 5.18. The van der Waals surface area contributed by atoms with Gasteiger partial charge in [-0.25, -0.2) is 4.90 Å². The van der Waals surface area contributed by atoms with Crippen molar-refractivity contribution in [1.82, 2.24) is 5.06 Å². The minimum absolute atomic E-state index is 0.230. The van der Waals surface area contributed by atoms with Crippen LogP contribution in [0.3, 0.4) is 0 Å². The quantitative estimate of drug-likeness (QED) is 0.803. The van der Waals surface area contributed by atoms with Gasteiger partial charge in [-0.15, -0.1) is 0 Å². The van der Waals surface area contributed by atoms with Crippen LogP contribution in [0.1, 0.15) is 11.6 Å². The predicted molar refractivity (Wildman–Crippen MR) is 90.8 cm³/mol. The molecular weight excluding hydrogens is 320 g/mol. The largest absolute Gasteiger partial charge is 0.497 e. The lowest BCUT2D eigenvalue weighted by Gasteiger charge is -2.24. The summed E-state index contributed by atoms with van der Waals surface area (Å²) in [7, 11) is 3.35. The van der Waals surface area contributed by atoms with Gasteiger partial charge in [-0.2, -0.15) is 5.06 Å². The van der Waals surface area contributed by atoms with Gasteiger partial charge in [0.25, 0.3) is 5.91 Å². The topological polar surface area (TPSA) is 59.1 Å². The first-order chi connectivity index (χ1) is 12.1. The number of ether oxygens (including phenoxy) is 1. The molecule has 0 spiro atoms. The lowest BCUT2D eigenvalue weighted by atomic mass is 9.91. The van der Waals surface area contributed by atoms with Gasteiger partial charge in [0.1, 0.15) is 5.75 Å². The summed E-state index contributed by atoms with van der Waals surface area (Å²) in [6, 6.07) is 16.1. The second kappa shape index (κ2) is 5.98. The van der Waals surface area contributed by atoms with Gasteiger partial charge in [-0.05, 0) is 29.8 Å². The molecule has 6 nitrogen and oxygen atoms in total. The van der Waals surface area contributed by atoms with E-state index in [0.717, 1.165) is 11.3 Å². The van der Waals surface area contributed by atoms with Crippen molar-refractivity contribution in [2.75, 3.05) is 19.1 Å². The van der Waals surface area contributed by atoms with Crippen molar-refractivity contribution in [2.24, 2.45) is 5.92 Å². The van der Waals surface area contributed by atoms with Crippen LogP contribution in [0.4, 0.5) is 5.69 Å². The smallest absolute Gasteiger partial charge is 0.265 e. The van der Waals surface area contributed by atoms with Crippen molar-refractivity contribution < 1.29 is 19.2 Å². The molecule has 2 aromatic rings. The maximum Gasteiger partial charge on any atom is 0.265 e. The van der Waals surface area contributed by atoms with Crippen molar-refractivity contribution >= 4 is 17.5 Å². The average Bonchev–Trinajstić information content (AvgIpc) is 3.10. The summed E-state index contributed by atoms with van der Waals surface area (Å²) in [5, 5.41) is 1.61. The van der Waals surface area contributed by atoms with Crippen LogP contribution < -0.4 is 9.64 Å². The molecule has 2 aliphatic heterocycles. The molecule has 0 bridgehead atoms. The van der Waals surface area contributed by atoms with Gasteiger partial charge in [0.2, 0.25) is 5.91 Å². The number of hydrogen-bond acceptors (Lipinski definition) is 5. The molecule has 6 heteroatoms. The lowest BCUT2D eigenvalue weighted by molar-refractivity contribution is -0.160. The molecule has 25 heavy (non-hydrogen) atoms. The van der Waals surface area contributed by atoms with Crippen molar-refractivity contribution in [3.05, 3.63) is 60.2 Å². The van der Waals surface area contributed by atoms with Gasteiger partial charge in [0, 0.05) is 7.05 Å². The highest BCUT2D eigenvalue weighted by molar-refractivity contribution is 6.23. The van der Waals surface area contributed by atoms with Gasteiger partial charge < -0.3 is 4.74 Å². The van der Waals surface area contributed by atoms with E-state index in [1.165, 1.54) is 4.90 Å². The molecule has 0 aromatic heterocycles. The minimum atomic E-state index is -0.787. The minimum Gasteiger partial charge on any atom is -0.497 e. The van der Waals surface area contributed by atoms with E-state index in [9.17, 15) is 9.59 Å². The molecule has 0 aliphatic carbocycles. The first-order valence-corrected chi connectivity index (χ1v) is 8.08. The Balaban J connectivity index is 1.69. The highest BCUT2D eigenvalue weighted by Gasteiger charge is 2.59. The molecule has 2 heterocycles. The van der Waals surface area contributed by atoms with Crippen molar-refractivity contribution in [1.29, 1.82) is 0 Å². The number of methoxy groups -OCH3 is 1. The predicted octanol–water partition coefficient (Wildman–Crippen LogP) is 2.17. The first-order valence-electron chi connectivity index (χ1n) is 8.08. The first kappa shape index (κ1) is 15.8. The Hall–Kier alpha value is -2.70. The molecule has 2 aromatic carbocycles. The molecule has 2 amide bonds. The molecule has 4 rings (SSSR count). The maximum absolute atomic E-state index is 13.0. The monoisotopic (exact) mass is 338 g/mol. The fourth-order valence-corrected chi connectivity index (χ4v) is 3.60. The van der Waals surface area contributed by atoms with Crippen LogP contribution in [0.5, 0.6) is 5.75 Å². The second-order valence-corrected chi connectivity index (χ2v) is 6.16. The van der Waals surface area contributed by atoms with Crippen LogP contribution in [0.15, 0.2) is 54.6 Å². The zero-order valence-corrected chi connectivity index (χ0v) is 14.0. The van der Waals surface area contributed by atoms with Crippen molar-refractivity contribution in [3.63, 3.8) is 0 Å². The summed E-state index contributed by atoms with van der Waals surface area (Å²) in [6.07, 6.45) is -0.787. The highest BCUT2D eigenvalue weighted by Crippen LogP contribution is 2.44. The number of para-hydroxylation sites is 1. The van der Waals surface area contributed by atoms with Crippen LogP contribution >= 0.6 is 0 Å². The molecule has 0 radical (unpaired) electrons. The van der Waals surface area contributed by atoms with Crippen LogP contribution in [0, 0.1) is 5.92 Å². The number of anilines is 1. The molecule has 3 atom stereocenters. The van der Waals surface area contributed by atoms with E-state index in [0.29, 0.717) is 5.69 Å². The van der Waals surface area contributed by atoms with E-state index in [1.807, 2.05) is 30.3 Å². The number of benzene rings is 2. The SMILES string of the molecule is COc1ccc([C@@H]2[C@@H]3C(=O)N(c4ccccc4)C(=O)[C@@H]3ON2C)cc1. The summed E-state index contributed by atoms with van der Waals surface area (Å²) in [5.41, 5.74) is 1.48. The standard InChI is InChI=1S/C19H18N2O4/c1-20-16(12-8-10-14(24-2)11-9-12)15-17(25-20)19(23)21(18(15)22)13-6-4-3-5-7-13/h3-11,15-17H,1-2H3/t15-,16+,17+/m0/s1. The van der Waals surface area contributed by atoms with Gasteiger partial charge >= 0.3 is 0 Å². The van der Waals surface area contributed by atoms with Crippen molar-refractivity contribution in [2.45, 2.75) is 12.1 Å². The number of fused-ring (bicyclic) bond motifs is 1. The Morgan fingerprint density at radius 1 is 0.960 bits per heavy atom. The molecule has 128 valence electrons. The summed E-state index contributed by atoms with van der Waals surface area (Å²) >= 11 is 0. The molecule has 2 aliphatic rings. The van der Waals surface area contributed by atoms with Gasteiger partial charge in [0.15, 0.2) is 6.10 Å². The third-order valence-electron chi connectivity index (χ3n) is 4.78. The van der Waals surface area contributed by atoms with Crippen LogP contribution in [-0.2, 0) is 14.4 Å². The number of imide groups is 1. The van der Waals surface area contributed by atoms with E-state index in [2.05, 4.69) is 0 Å². The fourth-order valence-electron chi connectivity index (χ4n) is 3.60. The number of carbonyl (C=O) groups is 2. The molecule has 0 saturated carbocycles. The fraction of sp³-hybridized carbons (Fsp3) is 0.263. The van der Waals surface area contributed by atoms with Crippen LogP contribution in [0.2, 0.25) is 0 Å². The van der Waals surface area contributed by atoms with Gasteiger partial charge in [0.05, 0.1) is 24.8 Å². The molecule has 2 saturated heterocycles. The Kier molecular flexibility index (Phi) is 3.78. The molecule has 0 unspecified atom stereocenters. The van der Waals surface area contributed by atoms with E-state index in [-0.39, 0.29) is 17.9 Å². The van der Waals surface area contributed by atoms with E-state index < -0.39 is 12.0 Å². The Bertz CT molecular complexity index is 806. The lowest BCUT2D eigenvalue weighted by Crippen LogP contribution is -2.36. The summed E-state index contributed by atoms with van der Waals surface area (Å²) in [6.45, 7) is 0. The van der Waals surface area contributed by atoms with Gasteiger partial charge in [-0.1, -0.05) is 30.3 Å².